The fourth-order valence-electron chi connectivity index (χ4n) is 1.64. The van der Waals surface area contributed by atoms with Crippen LogP contribution in [0.4, 0.5) is 5.69 Å². The molecule has 0 bridgehead atoms. The molecule has 0 saturated carbocycles. The molecule has 90 valence electrons. The number of hydrogen-bond donors (Lipinski definition) is 1. The molecule has 0 fully saturated rings. The van der Waals surface area contributed by atoms with Crippen LogP contribution < -0.4 is 5.73 Å². The van der Waals surface area contributed by atoms with Gasteiger partial charge < -0.3 is 5.73 Å². The number of anilines is 1. The van der Waals surface area contributed by atoms with Crippen molar-refractivity contribution in [1.82, 2.24) is 15.0 Å². The first-order valence-corrected chi connectivity index (χ1v) is 6.38. The van der Waals surface area contributed by atoms with E-state index in [-0.39, 0.29) is 0 Å². The molecule has 0 amide bonds. The second-order valence-corrected chi connectivity index (χ2v) is 5.15. The molecule has 2 N–H and O–H groups in total. The zero-order valence-electron chi connectivity index (χ0n) is 9.14. The van der Waals surface area contributed by atoms with Gasteiger partial charge >= 0.3 is 0 Å². The summed E-state index contributed by atoms with van der Waals surface area (Å²) in [6, 6.07) is 11.2. The molecule has 18 heavy (non-hydrogen) atoms. The smallest absolute Gasteiger partial charge is 0.115 e. The molecule has 4 nitrogen and oxygen atoms in total. The van der Waals surface area contributed by atoms with Gasteiger partial charge in [-0.1, -0.05) is 27.5 Å². The highest BCUT2D eigenvalue weighted by molar-refractivity contribution is 9.10. The van der Waals surface area contributed by atoms with Crippen LogP contribution in [0.1, 0.15) is 0 Å². The first kappa shape index (κ1) is 11.5. The van der Waals surface area contributed by atoms with E-state index in [9.17, 15) is 0 Å². The summed E-state index contributed by atoms with van der Waals surface area (Å²) in [6.45, 7) is 0. The molecule has 0 aliphatic heterocycles. The summed E-state index contributed by atoms with van der Waals surface area (Å²) in [4.78, 5) is 1.56. The second kappa shape index (κ2) is 4.26. The van der Waals surface area contributed by atoms with Crippen LogP contribution >= 0.6 is 27.5 Å². The van der Waals surface area contributed by atoms with Gasteiger partial charge in [0.15, 0.2) is 0 Å². The van der Waals surface area contributed by atoms with E-state index in [1.165, 1.54) is 0 Å². The van der Waals surface area contributed by atoms with Crippen LogP contribution in [0.5, 0.6) is 0 Å². The van der Waals surface area contributed by atoms with Crippen molar-refractivity contribution in [2.75, 3.05) is 5.73 Å². The molecule has 3 rings (SSSR count). The highest BCUT2D eigenvalue weighted by Gasteiger charge is 2.07. The number of fused-ring (bicyclic) bond motifs is 1. The molecule has 1 heterocycles. The van der Waals surface area contributed by atoms with Crippen LogP contribution in [0.15, 0.2) is 40.9 Å². The summed E-state index contributed by atoms with van der Waals surface area (Å²) in [5, 5.41) is 9.22. The van der Waals surface area contributed by atoms with E-state index in [2.05, 4.69) is 26.1 Å². The number of rotatable bonds is 1. The fourth-order valence-corrected chi connectivity index (χ4v) is 2.07. The zero-order valence-corrected chi connectivity index (χ0v) is 11.5. The van der Waals surface area contributed by atoms with E-state index in [0.717, 1.165) is 21.2 Å². The van der Waals surface area contributed by atoms with Crippen LogP contribution in [0.3, 0.4) is 0 Å². The van der Waals surface area contributed by atoms with E-state index in [1.54, 1.807) is 16.9 Å². The molecular weight excluding hydrogens is 316 g/mol. The number of aromatic nitrogens is 3. The van der Waals surface area contributed by atoms with Crippen molar-refractivity contribution in [2.45, 2.75) is 0 Å². The summed E-state index contributed by atoms with van der Waals surface area (Å²) in [6.07, 6.45) is 0. The lowest BCUT2D eigenvalue weighted by molar-refractivity contribution is 0.765. The van der Waals surface area contributed by atoms with Crippen molar-refractivity contribution >= 4 is 44.3 Å². The average molecular weight is 324 g/mol. The Balaban J connectivity index is 2.16. The molecule has 0 saturated heterocycles. The van der Waals surface area contributed by atoms with Gasteiger partial charge in [0, 0.05) is 4.47 Å². The zero-order chi connectivity index (χ0) is 12.7. The van der Waals surface area contributed by atoms with Crippen molar-refractivity contribution < 1.29 is 0 Å². The number of nitrogen functional groups attached to an aromatic ring is 1. The second-order valence-electron chi connectivity index (χ2n) is 3.83. The molecule has 0 radical (unpaired) electrons. The molecule has 1 aromatic heterocycles. The monoisotopic (exact) mass is 322 g/mol. The summed E-state index contributed by atoms with van der Waals surface area (Å²) < 4.78 is 1.01. The van der Waals surface area contributed by atoms with Crippen molar-refractivity contribution in [3.8, 4) is 5.69 Å². The standard InChI is InChI=1S/C12H8BrClN4/c13-7-1-3-8(4-2-7)18-16-11-5-9(14)10(15)6-12(11)17-18/h1-6H,15H2. The Labute approximate surface area is 116 Å². The molecule has 0 aliphatic carbocycles. The molecule has 3 aromatic rings. The molecule has 2 aromatic carbocycles. The third-order valence-corrected chi connectivity index (χ3v) is 3.41. The van der Waals surface area contributed by atoms with Gasteiger partial charge in [-0.2, -0.15) is 4.80 Å². The van der Waals surface area contributed by atoms with Crippen LogP contribution in [-0.4, -0.2) is 15.0 Å². The molecule has 6 heteroatoms. The fraction of sp³-hybridized carbons (Fsp3) is 0. The first-order chi connectivity index (χ1) is 8.63. The lowest BCUT2D eigenvalue weighted by atomic mass is 10.3. The van der Waals surface area contributed by atoms with Gasteiger partial charge in [-0.15, -0.1) is 10.2 Å². The quantitative estimate of drug-likeness (QED) is 0.698. The van der Waals surface area contributed by atoms with E-state index >= 15 is 0 Å². The molecule has 0 aliphatic rings. The van der Waals surface area contributed by atoms with Crippen LogP contribution in [-0.2, 0) is 0 Å². The highest BCUT2D eigenvalue weighted by Crippen LogP contribution is 2.24. The lowest BCUT2D eigenvalue weighted by Crippen LogP contribution is -1.97. The Morgan fingerprint density at radius 3 is 2.33 bits per heavy atom. The van der Waals surface area contributed by atoms with Gasteiger partial charge in [-0.25, -0.2) is 0 Å². The van der Waals surface area contributed by atoms with Gasteiger partial charge in [0.1, 0.15) is 11.0 Å². The maximum absolute atomic E-state index is 5.96. The number of nitrogens with zero attached hydrogens (tertiary/aromatic N) is 3. The summed E-state index contributed by atoms with van der Waals surface area (Å²) in [7, 11) is 0. The lowest BCUT2D eigenvalue weighted by Gasteiger charge is -1.97. The summed E-state index contributed by atoms with van der Waals surface area (Å²) in [5.41, 5.74) is 8.57. The van der Waals surface area contributed by atoms with Crippen LogP contribution in [0, 0.1) is 0 Å². The molecule has 0 atom stereocenters. The molecular formula is C12H8BrClN4. The van der Waals surface area contributed by atoms with E-state index in [1.807, 2.05) is 24.3 Å². The van der Waals surface area contributed by atoms with Crippen molar-refractivity contribution in [3.63, 3.8) is 0 Å². The van der Waals surface area contributed by atoms with Crippen LogP contribution in [0.2, 0.25) is 5.02 Å². The third-order valence-electron chi connectivity index (χ3n) is 2.56. The molecule has 0 spiro atoms. The number of nitrogens with two attached hydrogens (primary N) is 1. The van der Waals surface area contributed by atoms with Gasteiger partial charge in [-0.05, 0) is 36.4 Å². The topological polar surface area (TPSA) is 56.7 Å². The van der Waals surface area contributed by atoms with Crippen molar-refractivity contribution in [1.29, 1.82) is 0 Å². The third kappa shape index (κ3) is 1.95. The van der Waals surface area contributed by atoms with Crippen molar-refractivity contribution in [2.24, 2.45) is 0 Å². The van der Waals surface area contributed by atoms with E-state index in [0.29, 0.717) is 10.7 Å². The van der Waals surface area contributed by atoms with Gasteiger partial charge in [0.05, 0.1) is 16.4 Å². The Morgan fingerprint density at radius 1 is 1.06 bits per heavy atom. The van der Waals surface area contributed by atoms with Crippen LogP contribution in [0.25, 0.3) is 16.7 Å². The molecule has 0 unspecified atom stereocenters. The van der Waals surface area contributed by atoms with Gasteiger partial charge in [0.2, 0.25) is 0 Å². The predicted octanol–water partition coefficient (Wildman–Crippen LogP) is 3.42. The summed E-state index contributed by atoms with van der Waals surface area (Å²) >= 11 is 9.34. The van der Waals surface area contributed by atoms with E-state index in [4.69, 9.17) is 17.3 Å². The summed E-state index contributed by atoms with van der Waals surface area (Å²) in [5.74, 6) is 0. The Bertz CT molecular complexity index is 682. The maximum Gasteiger partial charge on any atom is 0.115 e. The average Bonchev–Trinajstić information content (AvgIpc) is 2.73. The maximum atomic E-state index is 5.96. The minimum absolute atomic E-state index is 0.491. The Morgan fingerprint density at radius 2 is 1.67 bits per heavy atom. The highest BCUT2D eigenvalue weighted by atomic mass is 79.9. The van der Waals surface area contributed by atoms with Gasteiger partial charge in [-0.3, -0.25) is 0 Å². The number of hydrogen-bond acceptors (Lipinski definition) is 3. The van der Waals surface area contributed by atoms with Gasteiger partial charge in [0.25, 0.3) is 0 Å². The Hall–Kier alpha value is -1.59. The Kier molecular flexibility index (Phi) is 2.72. The number of halogens is 2. The largest absolute Gasteiger partial charge is 0.397 e. The van der Waals surface area contributed by atoms with Crippen molar-refractivity contribution in [3.05, 3.63) is 45.9 Å². The normalized spacial score (nSPS) is 11.0. The van der Waals surface area contributed by atoms with E-state index < -0.39 is 0 Å². The number of benzene rings is 2. The SMILES string of the molecule is Nc1cc2nn(-c3ccc(Br)cc3)nc2cc1Cl. The minimum Gasteiger partial charge on any atom is -0.397 e. The minimum atomic E-state index is 0.491. The predicted molar refractivity (Wildman–Crippen MR) is 76.0 cm³/mol. The first-order valence-electron chi connectivity index (χ1n) is 5.21.